The Bertz CT molecular complexity index is 274. The molecule has 0 aliphatic heterocycles. The number of nitrogens with zero attached hydrogens (tertiary/aromatic N) is 2. The molecule has 78 valence electrons. The molecule has 0 fully saturated rings. The summed E-state index contributed by atoms with van der Waals surface area (Å²) in [5.74, 6) is 1.60. The number of hydrogen-bond donors (Lipinski definition) is 1. The van der Waals surface area contributed by atoms with Crippen molar-refractivity contribution < 1.29 is 0 Å². The number of anilines is 1. The topological polar surface area (TPSA) is 37.8 Å². The van der Waals surface area contributed by atoms with Crippen LogP contribution in [0.5, 0.6) is 0 Å². The van der Waals surface area contributed by atoms with Crippen molar-refractivity contribution in [1.29, 1.82) is 0 Å². The molecule has 0 saturated carbocycles. The van der Waals surface area contributed by atoms with Crippen LogP contribution in [0.2, 0.25) is 0 Å². The molecule has 0 saturated heterocycles. The average molecular weight is 258 g/mol. The Kier molecular flexibility index (Phi) is 4.87. The third kappa shape index (κ3) is 3.25. The zero-order valence-corrected chi connectivity index (χ0v) is 10.2. The summed E-state index contributed by atoms with van der Waals surface area (Å²) in [5, 5.41) is 3.32. The van der Waals surface area contributed by atoms with Crippen molar-refractivity contribution in [3.05, 3.63) is 17.0 Å². The number of aromatic nitrogens is 2. The molecule has 1 heterocycles. The van der Waals surface area contributed by atoms with Gasteiger partial charge in [-0.3, -0.25) is 0 Å². The summed E-state index contributed by atoms with van der Waals surface area (Å²) < 4.78 is 0.922. The van der Waals surface area contributed by atoms with Gasteiger partial charge in [-0.05, 0) is 21.8 Å². The highest BCUT2D eigenvalue weighted by Gasteiger charge is 2.05. The molecule has 1 aromatic heterocycles. The van der Waals surface area contributed by atoms with Crippen LogP contribution in [-0.2, 0) is 0 Å². The standard InChI is InChI=1S/C10H16BrN3/c1-3-8(4-2)5-13-10-9(11)6-12-7-14-10/h6-8H,3-5H2,1-2H3,(H,12,13,14). The van der Waals surface area contributed by atoms with Crippen molar-refractivity contribution in [3.63, 3.8) is 0 Å². The van der Waals surface area contributed by atoms with E-state index >= 15 is 0 Å². The molecule has 3 nitrogen and oxygen atoms in total. The van der Waals surface area contributed by atoms with Crippen molar-refractivity contribution in [2.75, 3.05) is 11.9 Å². The first-order valence-electron chi connectivity index (χ1n) is 4.97. The number of hydrogen-bond acceptors (Lipinski definition) is 3. The summed E-state index contributed by atoms with van der Waals surface area (Å²) >= 11 is 3.40. The fraction of sp³-hybridized carbons (Fsp3) is 0.600. The molecule has 1 rings (SSSR count). The molecule has 1 N–H and O–H groups in total. The molecule has 0 aliphatic carbocycles. The summed E-state index contributed by atoms with van der Waals surface area (Å²) in [6, 6.07) is 0. The second kappa shape index (κ2) is 5.96. The smallest absolute Gasteiger partial charge is 0.143 e. The van der Waals surface area contributed by atoms with Gasteiger partial charge in [-0.2, -0.15) is 0 Å². The van der Waals surface area contributed by atoms with Crippen molar-refractivity contribution in [3.8, 4) is 0 Å². The summed E-state index contributed by atoms with van der Waals surface area (Å²) in [6.45, 7) is 5.40. The minimum atomic E-state index is 0.719. The van der Waals surface area contributed by atoms with Crippen LogP contribution < -0.4 is 5.32 Å². The summed E-state index contributed by atoms with van der Waals surface area (Å²) in [6.07, 6.45) is 5.71. The van der Waals surface area contributed by atoms with Crippen LogP contribution in [0.1, 0.15) is 26.7 Å². The Morgan fingerprint density at radius 1 is 1.43 bits per heavy atom. The van der Waals surface area contributed by atoms with Gasteiger partial charge >= 0.3 is 0 Å². The molecule has 0 bridgehead atoms. The highest BCUT2D eigenvalue weighted by Crippen LogP contribution is 2.18. The highest BCUT2D eigenvalue weighted by atomic mass is 79.9. The van der Waals surface area contributed by atoms with E-state index in [0.717, 1.165) is 22.8 Å². The second-order valence-electron chi connectivity index (χ2n) is 3.28. The third-order valence-electron chi connectivity index (χ3n) is 2.38. The maximum absolute atomic E-state index is 4.15. The molecule has 0 radical (unpaired) electrons. The molecule has 0 atom stereocenters. The van der Waals surface area contributed by atoms with Crippen LogP contribution in [0.15, 0.2) is 17.0 Å². The lowest BCUT2D eigenvalue weighted by molar-refractivity contribution is 0.518. The zero-order chi connectivity index (χ0) is 10.4. The van der Waals surface area contributed by atoms with Gasteiger partial charge in [0, 0.05) is 12.7 Å². The van der Waals surface area contributed by atoms with Gasteiger partial charge in [0.15, 0.2) is 0 Å². The summed E-state index contributed by atoms with van der Waals surface area (Å²) in [7, 11) is 0. The first kappa shape index (κ1) is 11.4. The van der Waals surface area contributed by atoms with Gasteiger partial charge in [0.25, 0.3) is 0 Å². The van der Waals surface area contributed by atoms with E-state index in [1.54, 1.807) is 12.5 Å². The van der Waals surface area contributed by atoms with E-state index in [1.807, 2.05) is 0 Å². The Labute approximate surface area is 93.5 Å². The lowest BCUT2D eigenvalue weighted by Crippen LogP contribution is -2.13. The summed E-state index contributed by atoms with van der Waals surface area (Å²) in [5.41, 5.74) is 0. The van der Waals surface area contributed by atoms with Gasteiger partial charge < -0.3 is 5.32 Å². The average Bonchev–Trinajstić information content (AvgIpc) is 2.22. The van der Waals surface area contributed by atoms with Crippen LogP contribution in [-0.4, -0.2) is 16.5 Å². The fourth-order valence-electron chi connectivity index (χ4n) is 1.26. The van der Waals surface area contributed by atoms with Gasteiger partial charge in [0.1, 0.15) is 12.1 Å². The number of halogens is 1. The minimum Gasteiger partial charge on any atom is -0.369 e. The lowest BCUT2D eigenvalue weighted by Gasteiger charge is -2.13. The Hall–Kier alpha value is -0.640. The van der Waals surface area contributed by atoms with Crippen LogP contribution in [0.3, 0.4) is 0 Å². The lowest BCUT2D eigenvalue weighted by atomic mass is 10.0. The second-order valence-corrected chi connectivity index (χ2v) is 4.14. The SMILES string of the molecule is CCC(CC)CNc1ncncc1Br. The Morgan fingerprint density at radius 3 is 2.71 bits per heavy atom. The molecule has 1 aromatic rings. The quantitative estimate of drug-likeness (QED) is 0.881. The minimum absolute atomic E-state index is 0.719. The zero-order valence-electron chi connectivity index (χ0n) is 8.63. The molecule has 0 aliphatic rings. The van der Waals surface area contributed by atoms with Crippen LogP contribution in [0.4, 0.5) is 5.82 Å². The molecule has 0 spiro atoms. The monoisotopic (exact) mass is 257 g/mol. The van der Waals surface area contributed by atoms with Crippen molar-refractivity contribution in [1.82, 2.24) is 9.97 Å². The maximum Gasteiger partial charge on any atom is 0.143 e. The van der Waals surface area contributed by atoms with E-state index in [9.17, 15) is 0 Å². The van der Waals surface area contributed by atoms with E-state index < -0.39 is 0 Å². The van der Waals surface area contributed by atoms with Gasteiger partial charge in [-0.15, -0.1) is 0 Å². The fourth-order valence-corrected chi connectivity index (χ4v) is 1.62. The molecular formula is C10H16BrN3. The largest absolute Gasteiger partial charge is 0.369 e. The van der Waals surface area contributed by atoms with Crippen molar-refractivity contribution in [2.24, 2.45) is 5.92 Å². The molecular weight excluding hydrogens is 242 g/mol. The van der Waals surface area contributed by atoms with Gasteiger partial charge in [0.05, 0.1) is 4.47 Å². The van der Waals surface area contributed by atoms with Crippen molar-refractivity contribution in [2.45, 2.75) is 26.7 Å². The van der Waals surface area contributed by atoms with Crippen LogP contribution >= 0.6 is 15.9 Å². The normalized spacial score (nSPS) is 10.6. The Balaban J connectivity index is 2.49. The van der Waals surface area contributed by atoms with Gasteiger partial charge in [0.2, 0.25) is 0 Å². The predicted molar refractivity (Wildman–Crippen MR) is 62.3 cm³/mol. The van der Waals surface area contributed by atoms with Crippen molar-refractivity contribution >= 4 is 21.7 Å². The molecule has 14 heavy (non-hydrogen) atoms. The maximum atomic E-state index is 4.15. The number of nitrogens with one attached hydrogen (secondary N) is 1. The molecule has 0 amide bonds. The van der Waals surface area contributed by atoms with E-state index in [0.29, 0.717) is 0 Å². The van der Waals surface area contributed by atoms with Gasteiger partial charge in [-0.25, -0.2) is 9.97 Å². The molecule has 0 unspecified atom stereocenters. The summed E-state index contributed by atoms with van der Waals surface area (Å²) in [4.78, 5) is 8.06. The molecule has 4 heteroatoms. The van der Waals surface area contributed by atoms with E-state index in [-0.39, 0.29) is 0 Å². The van der Waals surface area contributed by atoms with Crippen LogP contribution in [0, 0.1) is 5.92 Å². The third-order valence-corrected chi connectivity index (χ3v) is 2.96. The van der Waals surface area contributed by atoms with E-state index in [1.165, 1.54) is 12.8 Å². The van der Waals surface area contributed by atoms with E-state index in [2.05, 4.69) is 45.1 Å². The number of rotatable bonds is 5. The Morgan fingerprint density at radius 2 is 2.14 bits per heavy atom. The molecule has 0 aromatic carbocycles. The first-order valence-corrected chi connectivity index (χ1v) is 5.76. The highest BCUT2D eigenvalue weighted by molar-refractivity contribution is 9.10. The van der Waals surface area contributed by atoms with Crippen LogP contribution in [0.25, 0.3) is 0 Å². The van der Waals surface area contributed by atoms with Gasteiger partial charge in [-0.1, -0.05) is 26.7 Å². The van der Waals surface area contributed by atoms with E-state index in [4.69, 9.17) is 0 Å². The first-order chi connectivity index (χ1) is 6.77. The predicted octanol–water partition coefficient (Wildman–Crippen LogP) is 3.09.